The Hall–Kier alpha value is -2.09. The minimum absolute atomic E-state index is 0.0812. The molecule has 1 N–H and O–H groups in total. The Morgan fingerprint density at radius 1 is 1.17 bits per heavy atom. The van der Waals surface area contributed by atoms with Crippen molar-refractivity contribution in [2.75, 3.05) is 0 Å². The summed E-state index contributed by atoms with van der Waals surface area (Å²) in [4.78, 5) is 12.0. The van der Waals surface area contributed by atoms with E-state index in [0.29, 0.717) is 32.5 Å². The highest BCUT2D eigenvalue weighted by Gasteiger charge is 2.18. The Kier molecular flexibility index (Phi) is 7.16. The van der Waals surface area contributed by atoms with E-state index in [4.69, 9.17) is 23.2 Å². The lowest BCUT2D eigenvalue weighted by Crippen LogP contribution is -2.28. The highest BCUT2D eigenvalue weighted by atomic mass is 35.5. The molecule has 1 amide bonds. The van der Waals surface area contributed by atoms with Crippen molar-refractivity contribution in [3.05, 3.63) is 69.7 Å². The number of hydrogen-bond donors (Lipinski definition) is 1. The predicted molar refractivity (Wildman–Crippen MR) is 114 cm³/mol. The molecule has 5 nitrogen and oxygen atoms in total. The van der Waals surface area contributed by atoms with Gasteiger partial charge >= 0.3 is 0 Å². The molecule has 0 atom stereocenters. The molecule has 0 saturated heterocycles. The highest BCUT2D eigenvalue weighted by Crippen LogP contribution is 2.30. The molecule has 152 valence electrons. The number of nitrogens with zero attached hydrogens (tertiary/aromatic N) is 3. The Morgan fingerprint density at radius 2 is 1.90 bits per heavy atom. The van der Waals surface area contributed by atoms with Crippen LogP contribution in [0.5, 0.6) is 0 Å². The fourth-order valence-electron chi connectivity index (χ4n) is 2.51. The van der Waals surface area contributed by atoms with E-state index in [-0.39, 0.29) is 24.2 Å². The Balaban J connectivity index is 1.90. The van der Waals surface area contributed by atoms with Crippen molar-refractivity contribution < 1.29 is 9.18 Å². The molecule has 0 spiro atoms. The van der Waals surface area contributed by atoms with Crippen LogP contribution in [0.25, 0.3) is 5.69 Å². The van der Waals surface area contributed by atoms with Crippen molar-refractivity contribution in [1.29, 1.82) is 0 Å². The summed E-state index contributed by atoms with van der Waals surface area (Å²) in [5, 5.41) is 12.9. The fraction of sp³-hybridized carbons (Fsp3) is 0.250. The summed E-state index contributed by atoms with van der Waals surface area (Å²) in [5.41, 5.74) is 1.61. The average Bonchev–Trinajstić information content (AvgIpc) is 3.08. The molecular formula is C20H19Cl2FN4OS. The van der Waals surface area contributed by atoms with Crippen LogP contribution < -0.4 is 5.32 Å². The van der Waals surface area contributed by atoms with Gasteiger partial charge in [0.25, 0.3) is 0 Å². The van der Waals surface area contributed by atoms with Gasteiger partial charge in [0.2, 0.25) is 5.91 Å². The van der Waals surface area contributed by atoms with E-state index in [0.717, 1.165) is 5.56 Å². The lowest BCUT2D eigenvalue weighted by molar-refractivity contribution is -0.124. The number of carbonyl (C=O) groups is 1. The van der Waals surface area contributed by atoms with Crippen LogP contribution in [-0.2, 0) is 17.1 Å². The second kappa shape index (κ2) is 9.61. The van der Waals surface area contributed by atoms with Gasteiger partial charge in [0.15, 0.2) is 11.0 Å². The molecule has 0 fully saturated rings. The van der Waals surface area contributed by atoms with E-state index < -0.39 is 0 Å². The van der Waals surface area contributed by atoms with Crippen LogP contribution in [-0.4, -0.2) is 20.7 Å². The maximum absolute atomic E-state index is 13.1. The van der Waals surface area contributed by atoms with E-state index in [1.807, 2.05) is 13.8 Å². The molecule has 0 saturated carbocycles. The molecule has 0 radical (unpaired) electrons. The number of thioether (sulfide) groups is 1. The molecule has 29 heavy (non-hydrogen) atoms. The van der Waals surface area contributed by atoms with Crippen LogP contribution in [0.15, 0.2) is 47.6 Å². The van der Waals surface area contributed by atoms with Gasteiger partial charge in [-0.25, -0.2) is 4.39 Å². The number of hydrogen-bond acceptors (Lipinski definition) is 4. The number of nitrogens with one attached hydrogen (secondary N) is 1. The normalized spacial score (nSPS) is 11.1. The standard InChI is InChI=1S/C20H19Cl2FN4OS/c1-12(2)19(28)24-10-18-25-26-20(29-11-13-3-6-15(23)7-4-13)27(18)17-8-5-14(21)9-16(17)22/h3-9,12H,10-11H2,1-2H3,(H,24,28). The van der Waals surface area contributed by atoms with Crippen molar-refractivity contribution in [1.82, 2.24) is 20.1 Å². The first-order chi connectivity index (χ1) is 13.8. The number of halogens is 3. The van der Waals surface area contributed by atoms with Gasteiger partial charge in [0, 0.05) is 16.7 Å². The number of rotatable bonds is 7. The van der Waals surface area contributed by atoms with E-state index in [9.17, 15) is 9.18 Å². The molecule has 1 heterocycles. The zero-order valence-electron chi connectivity index (χ0n) is 15.8. The van der Waals surface area contributed by atoms with Gasteiger partial charge in [-0.2, -0.15) is 0 Å². The maximum atomic E-state index is 13.1. The summed E-state index contributed by atoms with van der Waals surface area (Å²) in [6.07, 6.45) is 0. The smallest absolute Gasteiger partial charge is 0.222 e. The summed E-state index contributed by atoms with van der Waals surface area (Å²) in [6, 6.07) is 11.4. The molecule has 0 bridgehead atoms. The molecule has 1 aromatic heterocycles. The van der Waals surface area contributed by atoms with E-state index >= 15 is 0 Å². The zero-order valence-corrected chi connectivity index (χ0v) is 18.2. The molecule has 3 aromatic rings. The summed E-state index contributed by atoms with van der Waals surface area (Å²) >= 11 is 13.9. The molecule has 0 unspecified atom stereocenters. The summed E-state index contributed by atoms with van der Waals surface area (Å²) < 4.78 is 14.9. The van der Waals surface area contributed by atoms with E-state index in [1.165, 1.54) is 23.9 Å². The van der Waals surface area contributed by atoms with Crippen LogP contribution in [0.2, 0.25) is 10.0 Å². The van der Waals surface area contributed by atoms with Gasteiger partial charge in [0.1, 0.15) is 5.82 Å². The molecule has 2 aromatic carbocycles. The van der Waals surface area contributed by atoms with Crippen LogP contribution >= 0.6 is 35.0 Å². The Bertz CT molecular complexity index is 1010. The van der Waals surface area contributed by atoms with Gasteiger partial charge in [0.05, 0.1) is 17.3 Å². The van der Waals surface area contributed by atoms with Crippen molar-refractivity contribution in [3.8, 4) is 5.69 Å². The molecule has 0 aliphatic carbocycles. The average molecular weight is 453 g/mol. The van der Waals surface area contributed by atoms with Gasteiger partial charge < -0.3 is 5.32 Å². The summed E-state index contributed by atoms with van der Waals surface area (Å²) in [6.45, 7) is 3.85. The Morgan fingerprint density at radius 3 is 2.55 bits per heavy atom. The number of aromatic nitrogens is 3. The van der Waals surface area contributed by atoms with Crippen LogP contribution in [0.3, 0.4) is 0 Å². The quantitative estimate of drug-likeness (QED) is 0.495. The predicted octanol–water partition coefficient (Wildman–Crippen LogP) is 5.28. The fourth-order valence-corrected chi connectivity index (χ4v) is 3.92. The monoisotopic (exact) mass is 452 g/mol. The van der Waals surface area contributed by atoms with Gasteiger partial charge in [-0.3, -0.25) is 9.36 Å². The van der Waals surface area contributed by atoms with E-state index in [2.05, 4.69) is 15.5 Å². The van der Waals surface area contributed by atoms with Gasteiger partial charge in [-0.15, -0.1) is 10.2 Å². The SMILES string of the molecule is CC(C)C(=O)NCc1nnc(SCc2ccc(F)cc2)n1-c1ccc(Cl)cc1Cl. The third-order valence-corrected chi connectivity index (χ3v) is 5.62. The van der Waals surface area contributed by atoms with Crippen molar-refractivity contribution in [2.24, 2.45) is 5.92 Å². The minimum Gasteiger partial charge on any atom is -0.349 e. The molecule has 0 aliphatic rings. The summed E-state index contributed by atoms with van der Waals surface area (Å²) in [5.74, 6) is 0.616. The van der Waals surface area contributed by atoms with Crippen LogP contribution in [0.1, 0.15) is 25.2 Å². The Labute approximate surface area is 182 Å². The van der Waals surface area contributed by atoms with Gasteiger partial charge in [-0.1, -0.05) is 60.9 Å². The largest absolute Gasteiger partial charge is 0.349 e. The first-order valence-electron chi connectivity index (χ1n) is 8.90. The number of carbonyl (C=O) groups excluding carboxylic acids is 1. The lowest BCUT2D eigenvalue weighted by Gasteiger charge is -2.13. The third-order valence-electron chi connectivity index (χ3n) is 4.08. The first kappa shape index (κ1) is 21.6. The molecule has 0 aliphatic heterocycles. The second-order valence-electron chi connectivity index (χ2n) is 6.62. The molecule has 9 heteroatoms. The van der Waals surface area contributed by atoms with Crippen LogP contribution in [0, 0.1) is 11.7 Å². The number of amides is 1. The molecular weight excluding hydrogens is 434 g/mol. The van der Waals surface area contributed by atoms with Gasteiger partial charge in [-0.05, 0) is 35.9 Å². The van der Waals surface area contributed by atoms with E-state index in [1.54, 1.807) is 34.9 Å². The third kappa shape index (κ3) is 5.50. The maximum Gasteiger partial charge on any atom is 0.222 e. The van der Waals surface area contributed by atoms with Crippen molar-refractivity contribution in [2.45, 2.75) is 31.3 Å². The minimum atomic E-state index is -0.280. The number of benzene rings is 2. The highest BCUT2D eigenvalue weighted by molar-refractivity contribution is 7.98. The lowest BCUT2D eigenvalue weighted by atomic mass is 10.2. The first-order valence-corrected chi connectivity index (χ1v) is 10.6. The second-order valence-corrected chi connectivity index (χ2v) is 8.40. The van der Waals surface area contributed by atoms with Crippen molar-refractivity contribution in [3.63, 3.8) is 0 Å². The van der Waals surface area contributed by atoms with Crippen molar-refractivity contribution >= 4 is 40.9 Å². The topological polar surface area (TPSA) is 59.8 Å². The van der Waals surface area contributed by atoms with Crippen LogP contribution in [0.4, 0.5) is 4.39 Å². The summed E-state index contributed by atoms with van der Waals surface area (Å²) in [7, 11) is 0. The zero-order chi connectivity index (χ0) is 21.0. The molecule has 3 rings (SSSR count).